The number of anilines is 1. The van der Waals surface area contributed by atoms with Crippen molar-refractivity contribution in [3.8, 4) is 22.1 Å². The summed E-state index contributed by atoms with van der Waals surface area (Å²) in [4.78, 5) is 29.0. The van der Waals surface area contributed by atoms with E-state index in [2.05, 4.69) is 10.3 Å². The van der Waals surface area contributed by atoms with E-state index in [1.165, 1.54) is 17.4 Å². The highest BCUT2D eigenvalue weighted by Gasteiger charge is 2.18. The monoisotopic (exact) mass is 470 g/mol. The lowest BCUT2D eigenvalue weighted by Gasteiger charge is -2.19. The molecule has 1 amide bonds. The smallest absolute Gasteiger partial charge is 0.412 e. The van der Waals surface area contributed by atoms with Crippen LogP contribution in [0, 0.1) is 0 Å². The molecule has 0 saturated carbocycles. The maximum absolute atomic E-state index is 12.5. The van der Waals surface area contributed by atoms with Gasteiger partial charge in [-0.3, -0.25) is 5.32 Å². The van der Waals surface area contributed by atoms with Gasteiger partial charge in [0.05, 0.1) is 31.0 Å². The van der Waals surface area contributed by atoms with E-state index in [0.717, 1.165) is 10.6 Å². The lowest BCUT2D eigenvalue weighted by atomic mass is 10.2. The van der Waals surface area contributed by atoms with E-state index in [0.29, 0.717) is 28.4 Å². The van der Waals surface area contributed by atoms with Crippen LogP contribution in [0.1, 0.15) is 36.8 Å². The molecule has 0 aliphatic rings. The first kappa shape index (κ1) is 24.1. The Morgan fingerprint density at radius 3 is 2.52 bits per heavy atom. The number of nitrogens with one attached hydrogen (secondary N) is 1. The first-order chi connectivity index (χ1) is 15.7. The number of rotatable bonds is 7. The van der Waals surface area contributed by atoms with Crippen molar-refractivity contribution in [3.63, 3.8) is 0 Å². The van der Waals surface area contributed by atoms with E-state index in [4.69, 9.17) is 18.9 Å². The number of ether oxygens (including phenoxy) is 4. The van der Waals surface area contributed by atoms with Gasteiger partial charge in [-0.25, -0.2) is 14.6 Å². The highest BCUT2D eigenvalue weighted by atomic mass is 32.1. The second kappa shape index (κ2) is 10.4. The van der Waals surface area contributed by atoms with Gasteiger partial charge in [0, 0.05) is 11.1 Å². The van der Waals surface area contributed by atoms with Crippen LogP contribution in [0.4, 0.5) is 10.5 Å². The number of thiazole rings is 1. The number of amides is 1. The van der Waals surface area contributed by atoms with Gasteiger partial charge in [0.1, 0.15) is 17.2 Å². The summed E-state index contributed by atoms with van der Waals surface area (Å²) in [5.41, 5.74) is 1.51. The van der Waals surface area contributed by atoms with Gasteiger partial charge in [-0.1, -0.05) is 12.1 Å². The van der Waals surface area contributed by atoms with Crippen molar-refractivity contribution in [2.75, 3.05) is 19.5 Å². The Morgan fingerprint density at radius 2 is 1.82 bits per heavy atom. The minimum absolute atomic E-state index is 0.00530. The van der Waals surface area contributed by atoms with E-state index in [1.54, 1.807) is 53.2 Å². The zero-order chi connectivity index (χ0) is 24.0. The largest absolute Gasteiger partial charge is 0.493 e. The molecule has 0 bridgehead atoms. The first-order valence-corrected chi connectivity index (χ1v) is 11.0. The third-order valence-electron chi connectivity index (χ3n) is 4.28. The number of aromatic nitrogens is 1. The number of para-hydroxylation sites is 1. The lowest BCUT2D eigenvalue weighted by Crippen LogP contribution is -2.27. The van der Waals surface area contributed by atoms with Crippen molar-refractivity contribution >= 4 is 29.1 Å². The van der Waals surface area contributed by atoms with Gasteiger partial charge in [-0.2, -0.15) is 0 Å². The van der Waals surface area contributed by atoms with E-state index in [9.17, 15) is 9.59 Å². The predicted octanol–water partition coefficient (Wildman–Crippen LogP) is 5.53. The van der Waals surface area contributed by atoms with Gasteiger partial charge in [-0.05, 0) is 51.1 Å². The zero-order valence-corrected chi connectivity index (χ0v) is 19.9. The molecule has 1 aromatic heterocycles. The fourth-order valence-corrected chi connectivity index (χ4v) is 3.75. The Hall–Kier alpha value is -3.59. The summed E-state index contributed by atoms with van der Waals surface area (Å²) < 4.78 is 21.4. The number of hydrogen-bond acceptors (Lipinski definition) is 8. The van der Waals surface area contributed by atoms with Crippen molar-refractivity contribution in [1.82, 2.24) is 4.98 Å². The number of carbonyl (C=O) groups excluding carboxylic acids is 2. The molecule has 3 aromatic rings. The third-order valence-corrected chi connectivity index (χ3v) is 5.20. The van der Waals surface area contributed by atoms with Crippen LogP contribution in [-0.2, 0) is 16.1 Å². The number of nitrogens with zero attached hydrogens (tertiary/aromatic N) is 1. The molecule has 2 aromatic carbocycles. The molecule has 0 saturated heterocycles. The Kier molecular flexibility index (Phi) is 7.55. The van der Waals surface area contributed by atoms with Crippen LogP contribution < -0.4 is 14.8 Å². The first-order valence-electron chi connectivity index (χ1n) is 10.1. The second-order valence-electron chi connectivity index (χ2n) is 7.97. The highest BCUT2D eigenvalue weighted by molar-refractivity contribution is 7.13. The SMILES string of the molecule is COc1cccc(-c2nc(COC(=O)c3cccc(NC(=O)OC(C)(C)C)c3)cs2)c1OC. The molecule has 1 N–H and O–H groups in total. The molecule has 1 heterocycles. The zero-order valence-electron chi connectivity index (χ0n) is 19.1. The molecular formula is C24H26N2O6S. The molecule has 9 heteroatoms. The third kappa shape index (κ3) is 6.45. The topological polar surface area (TPSA) is 96.0 Å². The van der Waals surface area contributed by atoms with Gasteiger partial charge in [-0.15, -0.1) is 11.3 Å². The second-order valence-corrected chi connectivity index (χ2v) is 8.83. The van der Waals surface area contributed by atoms with Gasteiger partial charge < -0.3 is 18.9 Å². The normalized spacial score (nSPS) is 10.9. The molecular weight excluding hydrogens is 444 g/mol. The molecule has 3 rings (SSSR count). The molecule has 33 heavy (non-hydrogen) atoms. The summed E-state index contributed by atoms with van der Waals surface area (Å²) in [7, 11) is 3.15. The number of esters is 1. The van der Waals surface area contributed by atoms with Crippen molar-refractivity contribution in [3.05, 3.63) is 59.1 Å². The van der Waals surface area contributed by atoms with Crippen LogP contribution in [-0.4, -0.2) is 36.9 Å². The Balaban J connectivity index is 1.65. The summed E-state index contributed by atoms with van der Waals surface area (Å²) in [6, 6.07) is 12.0. The Morgan fingerprint density at radius 1 is 1.06 bits per heavy atom. The molecule has 0 fully saturated rings. The van der Waals surface area contributed by atoms with Crippen LogP contribution in [0.2, 0.25) is 0 Å². The van der Waals surface area contributed by atoms with Gasteiger partial charge in [0.15, 0.2) is 11.5 Å². The fraction of sp³-hybridized carbons (Fsp3) is 0.292. The summed E-state index contributed by atoms with van der Waals surface area (Å²) in [6.07, 6.45) is -0.601. The van der Waals surface area contributed by atoms with Crippen LogP contribution in [0.25, 0.3) is 10.6 Å². The maximum Gasteiger partial charge on any atom is 0.412 e. The Labute approximate surface area is 196 Å². The standard InChI is InChI=1S/C24H26N2O6S/c1-24(2,3)32-23(28)26-16-9-6-8-15(12-16)22(27)31-13-17-14-33-21(25-17)18-10-7-11-19(29-4)20(18)30-5/h6-12,14H,13H2,1-5H3,(H,26,28). The van der Waals surface area contributed by atoms with Crippen LogP contribution in [0.15, 0.2) is 47.8 Å². The van der Waals surface area contributed by atoms with Crippen LogP contribution in [0.3, 0.4) is 0 Å². The summed E-state index contributed by atoms with van der Waals surface area (Å²) >= 11 is 1.41. The van der Waals surface area contributed by atoms with Crippen molar-refractivity contribution in [2.24, 2.45) is 0 Å². The number of hydrogen-bond donors (Lipinski definition) is 1. The van der Waals surface area contributed by atoms with Gasteiger partial charge in [0.25, 0.3) is 0 Å². The molecule has 8 nitrogen and oxygen atoms in total. The maximum atomic E-state index is 12.5. The van der Waals surface area contributed by atoms with E-state index < -0.39 is 17.7 Å². The molecule has 0 spiro atoms. The molecule has 0 aliphatic heterocycles. The number of carbonyl (C=O) groups is 2. The van der Waals surface area contributed by atoms with E-state index >= 15 is 0 Å². The average Bonchev–Trinajstić information content (AvgIpc) is 3.24. The van der Waals surface area contributed by atoms with E-state index in [1.807, 2.05) is 23.6 Å². The van der Waals surface area contributed by atoms with Crippen LogP contribution >= 0.6 is 11.3 Å². The predicted molar refractivity (Wildman–Crippen MR) is 126 cm³/mol. The molecule has 0 unspecified atom stereocenters. The van der Waals surface area contributed by atoms with Crippen LogP contribution in [0.5, 0.6) is 11.5 Å². The molecule has 174 valence electrons. The highest BCUT2D eigenvalue weighted by Crippen LogP contribution is 2.39. The number of methoxy groups -OCH3 is 2. The van der Waals surface area contributed by atoms with Crippen molar-refractivity contribution in [2.45, 2.75) is 33.0 Å². The van der Waals surface area contributed by atoms with Crippen molar-refractivity contribution in [1.29, 1.82) is 0 Å². The molecule has 0 atom stereocenters. The van der Waals surface area contributed by atoms with E-state index in [-0.39, 0.29) is 6.61 Å². The molecule has 0 radical (unpaired) electrons. The minimum atomic E-state index is -0.623. The van der Waals surface area contributed by atoms with Gasteiger partial charge in [0.2, 0.25) is 0 Å². The summed E-state index contributed by atoms with van der Waals surface area (Å²) in [6.45, 7) is 5.32. The Bertz CT molecular complexity index is 1140. The fourth-order valence-electron chi connectivity index (χ4n) is 2.92. The van der Waals surface area contributed by atoms with Crippen molar-refractivity contribution < 1.29 is 28.5 Å². The average molecular weight is 471 g/mol. The summed E-state index contributed by atoms with van der Waals surface area (Å²) in [5, 5.41) is 5.15. The molecule has 0 aliphatic carbocycles. The summed E-state index contributed by atoms with van der Waals surface area (Å²) in [5.74, 6) is 0.668. The number of benzene rings is 2. The quantitative estimate of drug-likeness (QED) is 0.454. The minimum Gasteiger partial charge on any atom is -0.493 e. The van der Waals surface area contributed by atoms with Gasteiger partial charge >= 0.3 is 12.1 Å². The lowest BCUT2D eigenvalue weighted by molar-refractivity contribution is 0.0467.